The maximum Gasteiger partial charge on any atom is 0.215 e. The highest BCUT2D eigenvalue weighted by molar-refractivity contribution is 7.90. The minimum Gasteiger partial charge on any atom is -0.316 e. The topological polar surface area (TPSA) is 58.2 Å². The Labute approximate surface area is 120 Å². The lowest BCUT2D eigenvalue weighted by Gasteiger charge is -2.18. The van der Waals surface area contributed by atoms with Crippen molar-refractivity contribution in [2.45, 2.75) is 38.5 Å². The molecule has 2 atom stereocenters. The first-order valence-electron chi connectivity index (χ1n) is 6.81. The predicted octanol–water partition coefficient (Wildman–Crippen LogP) is 1.67. The molecule has 6 heteroatoms. The van der Waals surface area contributed by atoms with E-state index in [9.17, 15) is 12.8 Å². The Morgan fingerprint density at radius 2 is 1.80 bits per heavy atom. The second-order valence-corrected chi connectivity index (χ2v) is 7.14. The minimum absolute atomic E-state index is 0.227. The van der Waals surface area contributed by atoms with Crippen LogP contribution in [0.25, 0.3) is 0 Å². The average Bonchev–Trinajstić information content (AvgIpc) is 2.37. The smallest absolute Gasteiger partial charge is 0.215 e. The van der Waals surface area contributed by atoms with E-state index >= 15 is 0 Å². The fourth-order valence-electron chi connectivity index (χ4n) is 1.87. The van der Waals surface area contributed by atoms with Crippen LogP contribution in [0.2, 0.25) is 0 Å². The van der Waals surface area contributed by atoms with Crippen molar-refractivity contribution in [3.63, 3.8) is 0 Å². The van der Waals surface area contributed by atoms with Gasteiger partial charge in [-0.25, -0.2) is 17.5 Å². The summed E-state index contributed by atoms with van der Waals surface area (Å²) in [7, 11) is -3.35. The summed E-state index contributed by atoms with van der Waals surface area (Å²) < 4.78 is 39.6. The third-order valence-corrected chi connectivity index (χ3v) is 4.99. The molecule has 1 aromatic carbocycles. The molecule has 1 rings (SSSR count). The van der Waals surface area contributed by atoms with Crippen molar-refractivity contribution in [1.82, 2.24) is 10.0 Å². The Hall–Kier alpha value is -0.980. The average molecular weight is 302 g/mol. The predicted molar refractivity (Wildman–Crippen MR) is 79.6 cm³/mol. The molecule has 0 fully saturated rings. The van der Waals surface area contributed by atoms with Crippen LogP contribution in [0.5, 0.6) is 0 Å². The van der Waals surface area contributed by atoms with Gasteiger partial charge in [-0.3, -0.25) is 0 Å². The van der Waals surface area contributed by atoms with Crippen LogP contribution >= 0.6 is 0 Å². The largest absolute Gasteiger partial charge is 0.316 e. The second-order valence-electron chi connectivity index (χ2n) is 5.01. The molecule has 20 heavy (non-hydrogen) atoms. The first-order chi connectivity index (χ1) is 9.35. The normalized spacial score (nSPS) is 15.0. The molecule has 0 aliphatic carbocycles. The number of benzene rings is 1. The molecule has 0 saturated heterocycles. The van der Waals surface area contributed by atoms with Gasteiger partial charge in [0.25, 0.3) is 0 Å². The van der Waals surface area contributed by atoms with Crippen molar-refractivity contribution in [1.29, 1.82) is 0 Å². The van der Waals surface area contributed by atoms with E-state index in [-0.39, 0.29) is 11.9 Å². The third-order valence-electron chi connectivity index (χ3n) is 3.03. The third kappa shape index (κ3) is 5.56. The van der Waals surface area contributed by atoms with Gasteiger partial charge in [-0.05, 0) is 44.5 Å². The summed E-state index contributed by atoms with van der Waals surface area (Å²) in [6.45, 7) is 6.58. The van der Waals surface area contributed by atoms with Gasteiger partial charge in [-0.2, -0.15) is 0 Å². The quantitative estimate of drug-likeness (QED) is 0.768. The van der Waals surface area contributed by atoms with Crippen LogP contribution in [0.15, 0.2) is 24.3 Å². The molecule has 0 amide bonds. The van der Waals surface area contributed by atoms with Gasteiger partial charge in [0.05, 0.1) is 5.25 Å². The van der Waals surface area contributed by atoms with Crippen LogP contribution in [0.3, 0.4) is 0 Å². The summed E-state index contributed by atoms with van der Waals surface area (Å²) in [6.07, 6.45) is 0.535. The zero-order chi connectivity index (χ0) is 15.2. The zero-order valence-corrected chi connectivity index (χ0v) is 13.0. The molecule has 0 radical (unpaired) electrons. The van der Waals surface area contributed by atoms with Gasteiger partial charge in [0.2, 0.25) is 10.0 Å². The van der Waals surface area contributed by atoms with E-state index in [2.05, 4.69) is 10.0 Å². The van der Waals surface area contributed by atoms with Crippen molar-refractivity contribution >= 4 is 10.0 Å². The number of sulfonamides is 1. The monoisotopic (exact) mass is 302 g/mol. The Morgan fingerprint density at radius 1 is 1.20 bits per heavy atom. The number of halogens is 1. The van der Waals surface area contributed by atoms with E-state index in [1.54, 1.807) is 26.0 Å². The lowest BCUT2D eigenvalue weighted by atomic mass is 10.1. The molecule has 4 nitrogen and oxygen atoms in total. The van der Waals surface area contributed by atoms with Gasteiger partial charge in [0.15, 0.2) is 0 Å². The van der Waals surface area contributed by atoms with E-state index in [4.69, 9.17) is 0 Å². The van der Waals surface area contributed by atoms with Crippen molar-refractivity contribution in [3.05, 3.63) is 35.6 Å². The summed E-state index contributed by atoms with van der Waals surface area (Å²) in [5.74, 6) is -0.291. The minimum atomic E-state index is -3.35. The van der Waals surface area contributed by atoms with Crippen LogP contribution in [0, 0.1) is 5.82 Å². The first-order valence-corrected chi connectivity index (χ1v) is 8.36. The highest BCUT2D eigenvalue weighted by atomic mass is 32.2. The summed E-state index contributed by atoms with van der Waals surface area (Å²) in [6, 6.07) is 5.87. The van der Waals surface area contributed by atoms with E-state index < -0.39 is 15.3 Å². The molecular weight excluding hydrogens is 279 g/mol. The maximum absolute atomic E-state index is 12.8. The Balaban J connectivity index is 2.56. The van der Waals surface area contributed by atoms with Gasteiger partial charge < -0.3 is 5.32 Å². The van der Waals surface area contributed by atoms with Crippen LogP contribution in [0.4, 0.5) is 4.39 Å². The van der Waals surface area contributed by atoms with Crippen LogP contribution in [0.1, 0.15) is 26.3 Å². The van der Waals surface area contributed by atoms with E-state index in [0.29, 0.717) is 13.0 Å². The van der Waals surface area contributed by atoms with Crippen LogP contribution < -0.4 is 10.0 Å². The maximum atomic E-state index is 12.8. The lowest BCUT2D eigenvalue weighted by molar-refractivity contribution is 0.541. The molecule has 1 aromatic rings. The fourth-order valence-corrected chi connectivity index (χ4v) is 3.08. The molecule has 0 aromatic heterocycles. The van der Waals surface area contributed by atoms with Crippen molar-refractivity contribution in [3.8, 4) is 0 Å². The van der Waals surface area contributed by atoms with Crippen molar-refractivity contribution in [2.75, 3.05) is 13.1 Å². The Bertz CT molecular complexity index is 502. The fraction of sp³-hybridized carbons (Fsp3) is 0.571. The molecule has 2 unspecified atom stereocenters. The summed E-state index contributed by atoms with van der Waals surface area (Å²) in [5, 5.41) is 2.53. The van der Waals surface area contributed by atoms with Gasteiger partial charge in [0, 0.05) is 12.6 Å². The standard InChI is InChI=1S/C14H23FN2O2S/c1-4-16-10-12(3)20(18,19)17-11(2)9-13-5-7-14(15)8-6-13/h5-8,11-12,16-17H,4,9-10H2,1-3H3. The molecule has 0 bridgehead atoms. The molecule has 114 valence electrons. The number of nitrogens with one attached hydrogen (secondary N) is 2. The van der Waals surface area contributed by atoms with Crippen LogP contribution in [-0.4, -0.2) is 32.8 Å². The molecule has 2 N–H and O–H groups in total. The Kier molecular flexibility index (Phi) is 6.58. The van der Waals surface area contributed by atoms with E-state index in [1.807, 2.05) is 6.92 Å². The number of hydrogen-bond donors (Lipinski definition) is 2. The molecule has 0 aliphatic rings. The zero-order valence-electron chi connectivity index (χ0n) is 12.2. The van der Waals surface area contributed by atoms with E-state index in [1.165, 1.54) is 12.1 Å². The number of hydrogen-bond acceptors (Lipinski definition) is 3. The highest BCUT2D eigenvalue weighted by Gasteiger charge is 2.22. The molecular formula is C14H23FN2O2S. The number of rotatable bonds is 8. The molecule has 0 spiro atoms. The van der Waals surface area contributed by atoms with Crippen molar-refractivity contribution in [2.24, 2.45) is 0 Å². The molecule has 0 saturated carbocycles. The van der Waals surface area contributed by atoms with Gasteiger partial charge in [-0.1, -0.05) is 19.1 Å². The second kappa shape index (κ2) is 7.71. The molecule has 0 aliphatic heterocycles. The van der Waals surface area contributed by atoms with E-state index in [0.717, 1.165) is 12.1 Å². The first kappa shape index (κ1) is 17.1. The van der Waals surface area contributed by atoms with Crippen LogP contribution in [-0.2, 0) is 16.4 Å². The van der Waals surface area contributed by atoms with Crippen molar-refractivity contribution < 1.29 is 12.8 Å². The van der Waals surface area contributed by atoms with Gasteiger partial charge in [-0.15, -0.1) is 0 Å². The summed E-state index contributed by atoms with van der Waals surface area (Å²) >= 11 is 0. The van der Waals surface area contributed by atoms with Gasteiger partial charge in [0.1, 0.15) is 5.82 Å². The SMILES string of the molecule is CCNCC(C)S(=O)(=O)NC(C)Cc1ccc(F)cc1. The highest BCUT2D eigenvalue weighted by Crippen LogP contribution is 2.07. The Morgan fingerprint density at radius 3 is 2.35 bits per heavy atom. The summed E-state index contributed by atoms with van der Waals surface area (Å²) in [5.41, 5.74) is 0.904. The lowest BCUT2D eigenvalue weighted by Crippen LogP contribution is -2.43. The van der Waals surface area contributed by atoms with Gasteiger partial charge >= 0.3 is 0 Å². The summed E-state index contributed by atoms with van der Waals surface area (Å²) in [4.78, 5) is 0. The molecule has 0 heterocycles.